The van der Waals surface area contributed by atoms with Crippen molar-refractivity contribution < 1.29 is 22.1 Å². The number of phenols is 1. The average molecular weight is 450 g/mol. The number of hydrogen-bond donors (Lipinski definition) is 1. The van der Waals surface area contributed by atoms with Gasteiger partial charge >= 0.3 is 35.6 Å². The Morgan fingerprint density at radius 3 is 2.12 bits per heavy atom. The third-order valence-corrected chi connectivity index (χ3v) is 7.43. The number of anilines is 1. The first-order chi connectivity index (χ1) is 11.6. The van der Waals surface area contributed by atoms with Gasteiger partial charge in [-0.1, -0.05) is 58.6 Å². The topological polar surface area (TPSA) is 23.5 Å². The number of phenolic OH excluding ortho intramolecular Hbond substituents is 1. The molecule has 25 heavy (non-hydrogen) atoms. The molecule has 1 unspecified atom stereocenters. The van der Waals surface area contributed by atoms with Gasteiger partial charge < -0.3 is 10.0 Å². The summed E-state index contributed by atoms with van der Waals surface area (Å²) in [6, 6.07) is 12.6. The molecule has 0 radical (unpaired) electrons. The molecule has 2 aromatic rings. The Morgan fingerprint density at radius 1 is 1.04 bits per heavy atom. The van der Waals surface area contributed by atoms with Crippen molar-refractivity contribution in [3.8, 4) is 5.75 Å². The SMILES string of the molecule is Cc1cccc(N(C)C)c1Pc1cccc([Si](C)(C)C)c1O.[Cl][Ti][Cl]. The van der Waals surface area contributed by atoms with Crippen molar-refractivity contribution in [2.45, 2.75) is 26.6 Å². The van der Waals surface area contributed by atoms with E-state index < -0.39 is 25.1 Å². The molecule has 2 nitrogen and oxygen atoms in total. The van der Waals surface area contributed by atoms with E-state index in [1.165, 1.54) is 16.6 Å². The molecular formula is C18H26Cl2NOPSiTi. The van der Waals surface area contributed by atoms with Crippen LogP contribution in [0.3, 0.4) is 0 Å². The summed E-state index contributed by atoms with van der Waals surface area (Å²) in [5.41, 5.74) is 2.51. The van der Waals surface area contributed by atoms with Crippen LogP contribution in [0.15, 0.2) is 36.4 Å². The second-order valence-corrected chi connectivity index (χ2v) is 15.9. The van der Waals surface area contributed by atoms with Gasteiger partial charge in [0.15, 0.2) is 0 Å². The Labute approximate surface area is 171 Å². The van der Waals surface area contributed by atoms with Gasteiger partial charge in [-0.2, -0.15) is 0 Å². The summed E-state index contributed by atoms with van der Waals surface area (Å²) in [4.78, 5) is 2.15. The number of rotatable bonds is 4. The molecule has 0 fully saturated rings. The van der Waals surface area contributed by atoms with Gasteiger partial charge in [-0.05, 0) is 23.7 Å². The van der Waals surface area contributed by atoms with Crippen molar-refractivity contribution in [2.75, 3.05) is 19.0 Å². The number of hydrogen-bond acceptors (Lipinski definition) is 2. The predicted octanol–water partition coefficient (Wildman–Crippen LogP) is 4.32. The van der Waals surface area contributed by atoms with Crippen LogP contribution in [0.4, 0.5) is 5.69 Å². The molecule has 0 amide bonds. The zero-order valence-electron chi connectivity index (χ0n) is 15.6. The van der Waals surface area contributed by atoms with Crippen LogP contribution in [-0.2, 0) is 17.0 Å². The molecule has 0 spiro atoms. The van der Waals surface area contributed by atoms with Gasteiger partial charge in [0.25, 0.3) is 0 Å². The van der Waals surface area contributed by atoms with Gasteiger partial charge in [-0.3, -0.25) is 0 Å². The molecule has 0 aliphatic carbocycles. The number of para-hydroxylation sites is 1. The van der Waals surface area contributed by atoms with E-state index in [9.17, 15) is 5.11 Å². The minimum absolute atomic E-state index is 0.472. The molecule has 0 aliphatic rings. The van der Waals surface area contributed by atoms with Crippen LogP contribution in [0.25, 0.3) is 0 Å². The molecule has 0 bridgehead atoms. The fourth-order valence-corrected chi connectivity index (χ4v) is 5.56. The van der Waals surface area contributed by atoms with Gasteiger partial charge in [0.2, 0.25) is 0 Å². The first kappa shape index (κ1) is 23.0. The first-order valence-electron chi connectivity index (χ1n) is 7.96. The molecular weight excluding hydrogens is 424 g/mol. The number of aromatic hydroxyl groups is 1. The Morgan fingerprint density at radius 2 is 1.60 bits per heavy atom. The third-order valence-electron chi connectivity index (χ3n) is 3.84. The van der Waals surface area contributed by atoms with Gasteiger partial charge in [0, 0.05) is 30.4 Å². The van der Waals surface area contributed by atoms with Crippen LogP contribution in [-0.4, -0.2) is 27.3 Å². The zero-order valence-corrected chi connectivity index (χ0v) is 20.7. The van der Waals surface area contributed by atoms with Crippen molar-refractivity contribution >= 4 is 56.7 Å². The summed E-state index contributed by atoms with van der Waals surface area (Å²) in [7, 11) is 12.9. The van der Waals surface area contributed by atoms with Crippen molar-refractivity contribution in [1.82, 2.24) is 0 Å². The van der Waals surface area contributed by atoms with Crippen molar-refractivity contribution in [1.29, 1.82) is 0 Å². The number of benzene rings is 2. The first-order valence-corrected chi connectivity index (χ1v) is 16.8. The van der Waals surface area contributed by atoms with Crippen LogP contribution in [0, 0.1) is 6.92 Å². The van der Waals surface area contributed by atoms with Crippen molar-refractivity contribution in [2.24, 2.45) is 0 Å². The van der Waals surface area contributed by atoms with E-state index in [1.807, 2.05) is 0 Å². The molecule has 0 aromatic heterocycles. The Balaban J connectivity index is 0.000000970. The summed E-state index contributed by atoms with van der Waals surface area (Å²) in [5.74, 6) is 0.507. The van der Waals surface area contributed by atoms with Gasteiger partial charge in [0.05, 0.1) is 8.07 Å². The fraction of sp³-hybridized carbons (Fsp3) is 0.333. The van der Waals surface area contributed by atoms with E-state index in [-0.39, 0.29) is 0 Å². The van der Waals surface area contributed by atoms with E-state index in [4.69, 9.17) is 18.6 Å². The molecule has 136 valence electrons. The van der Waals surface area contributed by atoms with E-state index in [2.05, 4.69) is 82.0 Å². The van der Waals surface area contributed by atoms with Crippen LogP contribution in [0.5, 0.6) is 5.75 Å². The molecule has 2 rings (SSSR count). The van der Waals surface area contributed by atoms with Crippen LogP contribution >= 0.6 is 27.2 Å². The summed E-state index contributed by atoms with van der Waals surface area (Å²) >= 11 is -0.556. The fourth-order valence-electron chi connectivity index (χ4n) is 2.57. The van der Waals surface area contributed by atoms with Crippen LogP contribution in [0.1, 0.15) is 5.56 Å². The van der Waals surface area contributed by atoms with Gasteiger partial charge in [-0.25, -0.2) is 0 Å². The number of nitrogens with zero attached hydrogens (tertiary/aromatic N) is 1. The summed E-state index contributed by atoms with van der Waals surface area (Å²) in [5, 5.41) is 14.3. The molecule has 1 atom stereocenters. The Bertz CT molecular complexity index is 708. The molecule has 2 aromatic carbocycles. The van der Waals surface area contributed by atoms with E-state index in [0.29, 0.717) is 14.3 Å². The molecule has 1 N–H and O–H groups in total. The second-order valence-electron chi connectivity index (χ2n) is 7.01. The third kappa shape index (κ3) is 6.57. The van der Waals surface area contributed by atoms with Crippen LogP contribution in [0.2, 0.25) is 19.6 Å². The molecule has 0 heterocycles. The predicted molar refractivity (Wildman–Crippen MR) is 116 cm³/mol. The normalized spacial score (nSPS) is 11.2. The van der Waals surface area contributed by atoms with Crippen molar-refractivity contribution in [3.05, 3.63) is 42.0 Å². The van der Waals surface area contributed by atoms with Crippen LogP contribution < -0.4 is 20.7 Å². The Kier molecular flexibility index (Phi) is 9.53. The molecule has 0 saturated carbocycles. The minimum atomic E-state index is -1.53. The maximum absolute atomic E-state index is 10.7. The summed E-state index contributed by atoms with van der Waals surface area (Å²) in [6.07, 6.45) is 0. The monoisotopic (exact) mass is 449 g/mol. The zero-order chi connectivity index (χ0) is 19.2. The second kappa shape index (κ2) is 10.4. The van der Waals surface area contributed by atoms with Gasteiger partial charge in [0.1, 0.15) is 5.75 Å². The standard InChI is InChI=1S/C18H26NOPSi.2ClH.Ti/c1-13-9-7-10-14(19(2)3)18(13)21-15-11-8-12-16(17(15)20)22(4,5)6;;;/h7-12,20-21H,1-6H3;2*1H;/q;;;+2/p-2. The van der Waals surface area contributed by atoms with Gasteiger partial charge in [-0.15, -0.1) is 0 Å². The number of halogens is 2. The summed E-state index contributed by atoms with van der Waals surface area (Å²) < 4.78 is 0. The van der Waals surface area contributed by atoms with E-state index in [0.717, 1.165) is 10.5 Å². The Hall–Kier alpha value is -0.0188. The maximum atomic E-state index is 10.7. The quantitative estimate of drug-likeness (QED) is 0.555. The average Bonchev–Trinajstić information content (AvgIpc) is 2.50. The number of aryl methyl sites for hydroxylation is 1. The molecule has 0 aliphatic heterocycles. The summed E-state index contributed by atoms with van der Waals surface area (Å²) in [6.45, 7) is 8.96. The molecule has 7 heteroatoms. The van der Waals surface area contributed by atoms with E-state index >= 15 is 0 Å². The molecule has 0 saturated heterocycles. The van der Waals surface area contributed by atoms with E-state index in [1.54, 1.807) is 0 Å². The van der Waals surface area contributed by atoms with Crippen molar-refractivity contribution in [3.63, 3.8) is 0 Å².